The van der Waals surface area contributed by atoms with Crippen LogP contribution in [0, 0.1) is 6.92 Å². The molecule has 0 radical (unpaired) electrons. The third kappa shape index (κ3) is 3.88. The highest BCUT2D eigenvalue weighted by atomic mass is 16.3. The van der Waals surface area contributed by atoms with Crippen LogP contribution in [0.15, 0.2) is 78.6 Å². The van der Waals surface area contributed by atoms with Crippen LogP contribution in [0.3, 0.4) is 0 Å². The molecule has 4 rings (SSSR count). The molecule has 0 spiro atoms. The molecule has 2 amide bonds. The predicted molar refractivity (Wildman–Crippen MR) is 121 cm³/mol. The van der Waals surface area contributed by atoms with Gasteiger partial charge in [0.2, 0.25) is 5.91 Å². The molecule has 0 bridgehead atoms. The number of ketones is 1. The number of aromatic nitrogens is 1. The summed E-state index contributed by atoms with van der Waals surface area (Å²) >= 11 is 0. The number of anilines is 2. The minimum atomic E-state index is -0.877. The number of aryl methyl sites for hydroxylation is 1. The van der Waals surface area contributed by atoms with Crippen LogP contribution in [0.5, 0.6) is 0 Å². The van der Waals surface area contributed by atoms with Gasteiger partial charge in [-0.05, 0) is 36.8 Å². The van der Waals surface area contributed by atoms with E-state index in [0.29, 0.717) is 22.5 Å². The van der Waals surface area contributed by atoms with E-state index in [9.17, 15) is 19.5 Å². The highest BCUT2D eigenvalue weighted by Gasteiger charge is 2.47. The van der Waals surface area contributed by atoms with Crippen molar-refractivity contribution in [2.75, 3.05) is 10.2 Å². The highest BCUT2D eigenvalue weighted by Crippen LogP contribution is 2.42. The molecule has 2 aromatic carbocycles. The van der Waals surface area contributed by atoms with Gasteiger partial charge in [-0.15, -0.1) is 0 Å². The molecular formula is C25H21N3O4. The average molecular weight is 427 g/mol. The fourth-order valence-electron chi connectivity index (χ4n) is 3.76. The number of amides is 2. The second-order valence-corrected chi connectivity index (χ2v) is 7.55. The molecule has 1 saturated heterocycles. The zero-order valence-corrected chi connectivity index (χ0v) is 17.6. The summed E-state index contributed by atoms with van der Waals surface area (Å²) in [6.07, 6.45) is 3.15. The smallest absolute Gasteiger partial charge is 0.300 e. The van der Waals surface area contributed by atoms with E-state index in [1.807, 2.05) is 19.1 Å². The minimum absolute atomic E-state index is 0.0169. The summed E-state index contributed by atoms with van der Waals surface area (Å²) in [5.74, 6) is -2.07. The van der Waals surface area contributed by atoms with Crippen LogP contribution >= 0.6 is 0 Å². The van der Waals surface area contributed by atoms with Crippen molar-refractivity contribution in [1.29, 1.82) is 0 Å². The Hall–Kier alpha value is -4.26. The van der Waals surface area contributed by atoms with Crippen molar-refractivity contribution in [3.63, 3.8) is 0 Å². The van der Waals surface area contributed by atoms with Crippen LogP contribution in [0.2, 0.25) is 0 Å². The van der Waals surface area contributed by atoms with Gasteiger partial charge < -0.3 is 10.4 Å². The van der Waals surface area contributed by atoms with E-state index in [1.165, 1.54) is 11.8 Å². The van der Waals surface area contributed by atoms with Gasteiger partial charge in [-0.25, -0.2) is 0 Å². The predicted octanol–water partition coefficient (Wildman–Crippen LogP) is 3.97. The molecule has 7 nitrogen and oxygen atoms in total. The number of pyridine rings is 1. The Morgan fingerprint density at radius 2 is 1.81 bits per heavy atom. The molecule has 1 atom stereocenters. The molecule has 1 aliphatic heterocycles. The molecule has 1 aliphatic rings. The standard InChI is InChI=1S/C25H21N3O4/c1-15-8-10-17(11-9-15)23(30)21-22(18-5-4-12-26-14-18)28(25(32)24(21)31)20-7-3-6-19(13-20)27-16(2)29/h3-14,22,30H,1-2H3,(H,27,29)/b23-21+. The van der Waals surface area contributed by atoms with Gasteiger partial charge >= 0.3 is 0 Å². The quantitative estimate of drug-likeness (QED) is 0.373. The molecule has 0 saturated carbocycles. The number of benzene rings is 2. The van der Waals surface area contributed by atoms with Gasteiger partial charge in [-0.3, -0.25) is 24.3 Å². The molecule has 160 valence electrons. The molecule has 2 N–H and O–H groups in total. The number of nitrogens with one attached hydrogen (secondary N) is 1. The van der Waals surface area contributed by atoms with Gasteiger partial charge in [-0.1, -0.05) is 42.0 Å². The monoisotopic (exact) mass is 427 g/mol. The van der Waals surface area contributed by atoms with Crippen LogP contribution in [0.1, 0.15) is 29.7 Å². The van der Waals surface area contributed by atoms with Gasteiger partial charge in [0.1, 0.15) is 5.76 Å². The maximum absolute atomic E-state index is 13.1. The molecule has 1 fully saturated rings. The molecule has 7 heteroatoms. The zero-order chi connectivity index (χ0) is 22.8. The first-order valence-electron chi connectivity index (χ1n) is 10.0. The van der Waals surface area contributed by atoms with Crippen molar-refractivity contribution in [2.24, 2.45) is 0 Å². The Bertz CT molecular complexity index is 1230. The normalized spacial score (nSPS) is 17.4. The molecular weight excluding hydrogens is 406 g/mol. The van der Waals surface area contributed by atoms with Crippen molar-refractivity contribution < 1.29 is 19.5 Å². The van der Waals surface area contributed by atoms with Gasteiger partial charge in [0.25, 0.3) is 11.7 Å². The Morgan fingerprint density at radius 1 is 1.06 bits per heavy atom. The number of rotatable bonds is 4. The Balaban J connectivity index is 1.90. The third-order valence-electron chi connectivity index (χ3n) is 5.21. The number of nitrogens with zero attached hydrogens (tertiary/aromatic N) is 2. The fourth-order valence-corrected chi connectivity index (χ4v) is 3.76. The summed E-state index contributed by atoms with van der Waals surface area (Å²) in [6.45, 7) is 3.30. The SMILES string of the molecule is CC(=O)Nc1cccc(N2C(=O)C(=O)/C(=C(/O)c3ccc(C)cc3)C2c2cccnc2)c1. The van der Waals surface area contributed by atoms with Crippen LogP contribution in [0.25, 0.3) is 5.76 Å². The van der Waals surface area contributed by atoms with E-state index >= 15 is 0 Å². The van der Waals surface area contributed by atoms with Gasteiger partial charge in [0, 0.05) is 36.3 Å². The van der Waals surface area contributed by atoms with Crippen molar-refractivity contribution in [2.45, 2.75) is 19.9 Å². The first kappa shape index (κ1) is 21.0. The lowest BCUT2D eigenvalue weighted by Crippen LogP contribution is -2.29. The highest BCUT2D eigenvalue weighted by molar-refractivity contribution is 6.51. The second-order valence-electron chi connectivity index (χ2n) is 7.55. The summed E-state index contributed by atoms with van der Waals surface area (Å²) in [5.41, 5.74) is 2.90. The minimum Gasteiger partial charge on any atom is -0.507 e. The molecule has 32 heavy (non-hydrogen) atoms. The number of carbonyl (C=O) groups excluding carboxylic acids is 3. The van der Waals surface area contributed by atoms with E-state index in [2.05, 4.69) is 10.3 Å². The zero-order valence-electron chi connectivity index (χ0n) is 17.6. The summed E-state index contributed by atoms with van der Waals surface area (Å²) in [7, 11) is 0. The summed E-state index contributed by atoms with van der Waals surface area (Å²) in [5, 5.41) is 13.8. The Labute approximate surface area is 185 Å². The first-order valence-corrected chi connectivity index (χ1v) is 10.0. The van der Waals surface area contributed by atoms with Crippen LogP contribution in [0.4, 0.5) is 11.4 Å². The van der Waals surface area contributed by atoms with Crippen molar-refractivity contribution in [1.82, 2.24) is 4.98 Å². The van der Waals surface area contributed by atoms with Crippen LogP contribution in [-0.2, 0) is 14.4 Å². The van der Waals surface area contributed by atoms with E-state index in [-0.39, 0.29) is 17.2 Å². The summed E-state index contributed by atoms with van der Waals surface area (Å²) in [6, 6.07) is 16.3. The number of hydrogen-bond acceptors (Lipinski definition) is 5. The Kier molecular flexibility index (Phi) is 5.55. The largest absolute Gasteiger partial charge is 0.507 e. The maximum atomic E-state index is 13.1. The van der Waals surface area contributed by atoms with Crippen LogP contribution < -0.4 is 10.2 Å². The lowest BCUT2D eigenvalue weighted by atomic mass is 9.96. The van der Waals surface area contributed by atoms with Gasteiger partial charge in [0.15, 0.2) is 0 Å². The number of aliphatic hydroxyl groups is 1. The van der Waals surface area contributed by atoms with E-state index < -0.39 is 17.7 Å². The topological polar surface area (TPSA) is 99.6 Å². The lowest BCUT2D eigenvalue weighted by molar-refractivity contribution is -0.132. The van der Waals surface area contributed by atoms with E-state index in [4.69, 9.17) is 0 Å². The molecule has 2 heterocycles. The third-order valence-corrected chi connectivity index (χ3v) is 5.21. The number of Topliss-reactive ketones (excluding diaryl/α,β-unsaturated/α-hetero) is 1. The first-order chi connectivity index (χ1) is 15.4. The fraction of sp³-hybridized carbons (Fsp3) is 0.120. The van der Waals surface area contributed by atoms with Gasteiger partial charge in [0.05, 0.1) is 11.6 Å². The second kappa shape index (κ2) is 8.47. The summed E-state index contributed by atoms with van der Waals surface area (Å²) in [4.78, 5) is 43.2. The van der Waals surface area contributed by atoms with E-state index in [1.54, 1.807) is 60.9 Å². The maximum Gasteiger partial charge on any atom is 0.300 e. The molecule has 1 aromatic heterocycles. The summed E-state index contributed by atoms with van der Waals surface area (Å²) < 4.78 is 0. The molecule has 1 unspecified atom stereocenters. The van der Waals surface area contributed by atoms with E-state index in [0.717, 1.165) is 5.56 Å². The van der Waals surface area contributed by atoms with Crippen molar-refractivity contribution >= 4 is 34.7 Å². The van der Waals surface area contributed by atoms with Crippen molar-refractivity contribution in [3.05, 3.63) is 95.3 Å². The number of carbonyl (C=O) groups is 3. The number of hydrogen-bond donors (Lipinski definition) is 2. The average Bonchev–Trinajstić information content (AvgIpc) is 3.05. The molecule has 0 aliphatic carbocycles. The number of aliphatic hydroxyl groups excluding tert-OH is 1. The van der Waals surface area contributed by atoms with Crippen LogP contribution in [-0.4, -0.2) is 27.7 Å². The Morgan fingerprint density at radius 3 is 2.47 bits per heavy atom. The lowest BCUT2D eigenvalue weighted by Gasteiger charge is -2.25. The van der Waals surface area contributed by atoms with Gasteiger partial charge in [-0.2, -0.15) is 0 Å². The van der Waals surface area contributed by atoms with Crippen molar-refractivity contribution in [3.8, 4) is 0 Å². The molecule has 3 aromatic rings.